The molecule has 0 atom stereocenters. The van der Waals surface area contributed by atoms with Crippen molar-refractivity contribution in [2.75, 3.05) is 17.2 Å². The molecule has 0 spiro atoms. The number of aryl methyl sites for hydroxylation is 1. The molecule has 19 heavy (non-hydrogen) atoms. The van der Waals surface area contributed by atoms with E-state index in [2.05, 4.69) is 15.7 Å². The number of hydrogen-bond donors (Lipinski definition) is 2. The highest BCUT2D eigenvalue weighted by molar-refractivity contribution is 5.99. The number of rotatable bonds is 4. The van der Waals surface area contributed by atoms with E-state index < -0.39 is 0 Å². The van der Waals surface area contributed by atoms with Crippen molar-refractivity contribution in [3.8, 4) is 5.75 Å². The van der Waals surface area contributed by atoms with Crippen molar-refractivity contribution in [3.05, 3.63) is 36.5 Å². The number of carbonyl (C=O) groups excluding carboxylic acids is 1. The van der Waals surface area contributed by atoms with E-state index in [0.717, 1.165) is 5.75 Å². The summed E-state index contributed by atoms with van der Waals surface area (Å²) in [5.74, 6) is 1.41. The van der Waals surface area contributed by atoms with Crippen LogP contribution in [0.1, 0.15) is 6.92 Å². The molecule has 1 aromatic carbocycles. The number of urea groups is 1. The van der Waals surface area contributed by atoms with Crippen LogP contribution in [0.2, 0.25) is 0 Å². The van der Waals surface area contributed by atoms with Crippen molar-refractivity contribution >= 4 is 17.5 Å². The molecular weight excluding hydrogens is 244 g/mol. The number of nitrogens with one attached hydrogen (secondary N) is 2. The molecule has 0 bridgehead atoms. The Morgan fingerprint density at radius 2 is 2.00 bits per heavy atom. The number of anilines is 2. The van der Waals surface area contributed by atoms with Crippen molar-refractivity contribution in [3.63, 3.8) is 0 Å². The number of ether oxygens (including phenoxy) is 1. The second kappa shape index (κ2) is 5.90. The lowest BCUT2D eigenvalue weighted by Crippen LogP contribution is -2.20. The van der Waals surface area contributed by atoms with Crippen LogP contribution in [0.4, 0.5) is 16.3 Å². The van der Waals surface area contributed by atoms with Crippen LogP contribution in [0.3, 0.4) is 0 Å². The number of benzene rings is 1. The summed E-state index contributed by atoms with van der Waals surface area (Å²) in [7, 11) is 1.76. The number of aromatic nitrogens is 2. The summed E-state index contributed by atoms with van der Waals surface area (Å²) >= 11 is 0. The maximum atomic E-state index is 11.7. The van der Waals surface area contributed by atoms with Crippen LogP contribution in [0, 0.1) is 0 Å². The Hall–Kier alpha value is -2.50. The predicted molar refractivity (Wildman–Crippen MR) is 73.5 cm³/mol. The molecule has 2 aromatic rings. The Morgan fingerprint density at radius 3 is 2.58 bits per heavy atom. The number of amides is 2. The van der Waals surface area contributed by atoms with E-state index in [1.54, 1.807) is 36.1 Å². The first kappa shape index (κ1) is 12.9. The SMILES string of the molecule is CCOc1ccc(NC(=O)Nc2ccnn2C)cc1. The first-order valence-corrected chi connectivity index (χ1v) is 5.98. The zero-order valence-corrected chi connectivity index (χ0v) is 10.9. The average molecular weight is 260 g/mol. The van der Waals surface area contributed by atoms with Gasteiger partial charge in [-0.3, -0.25) is 10.00 Å². The summed E-state index contributed by atoms with van der Waals surface area (Å²) in [6.07, 6.45) is 1.62. The van der Waals surface area contributed by atoms with Crippen molar-refractivity contribution in [1.29, 1.82) is 0 Å². The third-order valence-electron chi connectivity index (χ3n) is 2.49. The van der Waals surface area contributed by atoms with E-state index in [0.29, 0.717) is 18.1 Å². The van der Waals surface area contributed by atoms with Gasteiger partial charge in [0.05, 0.1) is 12.8 Å². The average Bonchev–Trinajstić information content (AvgIpc) is 2.78. The number of hydrogen-bond acceptors (Lipinski definition) is 3. The van der Waals surface area contributed by atoms with E-state index in [1.807, 2.05) is 19.1 Å². The largest absolute Gasteiger partial charge is 0.494 e. The Balaban J connectivity index is 1.93. The summed E-state index contributed by atoms with van der Waals surface area (Å²) in [6.45, 7) is 2.54. The topological polar surface area (TPSA) is 68.2 Å². The lowest BCUT2D eigenvalue weighted by molar-refractivity contribution is 0.262. The Kier molecular flexibility index (Phi) is 4.02. The zero-order valence-electron chi connectivity index (χ0n) is 10.9. The standard InChI is InChI=1S/C13H16N4O2/c1-3-19-11-6-4-10(5-7-11)15-13(18)16-12-8-9-14-17(12)2/h4-9H,3H2,1-2H3,(H2,15,16,18). The van der Waals surface area contributed by atoms with Crippen LogP contribution < -0.4 is 15.4 Å². The van der Waals surface area contributed by atoms with Crippen LogP contribution in [-0.2, 0) is 7.05 Å². The van der Waals surface area contributed by atoms with Crippen LogP contribution in [-0.4, -0.2) is 22.4 Å². The lowest BCUT2D eigenvalue weighted by atomic mass is 10.3. The third kappa shape index (κ3) is 3.48. The van der Waals surface area contributed by atoms with Gasteiger partial charge >= 0.3 is 6.03 Å². The fourth-order valence-corrected chi connectivity index (χ4v) is 1.58. The minimum absolute atomic E-state index is 0.312. The van der Waals surface area contributed by atoms with Crippen molar-refractivity contribution < 1.29 is 9.53 Å². The molecule has 0 unspecified atom stereocenters. The highest BCUT2D eigenvalue weighted by atomic mass is 16.5. The maximum Gasteiger partial charge on any atom is 0.324 e. The molecule has 0 fully saturated rings. The van der Waals surface area contributed by atoms with Gasteiger partial charge in [-0.05, 0) is 31.2 Å². The highest BCUT2D eigenvalue weighted by Crippen LogP contribution is 2.15. The Morgan fingerprint density at radius 1 is 1.26 bits per heavy atom. The molecule has 1 heterocycles. The molecule has 0 radical (unpaired) electrons. The van der Waals surface area contributed by atoms with Crippen LogP contribution in [0.5, 0.6) is 5.75 Å². The summed E-state index contributed by atoms with van der Waals surface area (Å²) in [5, 5.41) is 9.39. The van der Waals surface area contributed by atoms with Gasteiger partial charge in [-0.1, -0.05) is 0 Å². The van der Waals surface area contributed by atoms with Gasteiger partial charge in [0.2, 0.25) is 0 Å². The minimum atomic E-state index is -0.312. The van der Waals surface area contributed by atoms with E-state index in [4.69, 9.17) is 4.74 Å². The molecule has 0 saturated heterocycles. The second-order valence-electron chi connectivity index (χ2n) is 3.88. The first-order valence-electron chi connectivity index (χ1n) is 5.98. The second-order valence-corrected chi connectivity index (χ2v) is 3.88. The van der Waals surface area contributed by atoms with E-state index >= 15 is 0 Å². The zero-order chi connectivity index (χ0) is 13.7. The van der Waals surface area contributed by atoms with Gasteiger partial charge in [0.25, 0.3) is 0 Å². The normalized spacial score (nSPS) is 10.0. The molecule has 2 rings (SSSR count). The molecule has 0 aliphatic rings. The van der Waals surface area contributed by atoms with Gasteiger partial charge in [-0.2, -0.15) is 5.10 Å². The van der Waals surface area contributed by atoms with Gasteiger partial charge in [-0.15, -0.1) is 0 Å². The van der Waals surface area contributed by atoms with Crippen molar-refractivity contribution in [1.82, 2.24) is 9.78 Å². The molecule has 2 N–H and O–H groups in total. The van der Waals surface area contributed by atoms with Crippen molar-refractivity contribution in [2.45, 2.75) is 6.92 Å². The number of carbonyl (C=O) groups is 1. The summed E-state index contributed by atoms with van der Waals surface area (Å²) in [4.78, 5) is 11.7. The fourth-order valence-electron chi connectivity index (χ4n) is 1.58. The van der Waals surface area contributed by atoms with Gasteiger partial charge in [0.1, 0.15) is 11.6 Å². The Bertz CT molecular complexity index is 548. The Labute approximate surface area is 111 Å². The predicted octanol–water partition coefficient (Wildman–Crippen LogP) is 2.46. The van der Waals surface area contributed by atoms with Gasteiger partial charge < -0.3 is 10.1 Å². The molecule has 2 amide bonds. The van der Waals surface area contributed by atoms with Crippen LogP contribution >= 0.6 is 0 Å². The van der Waals surface area contributed by atoms with Crippen LogP contribution in [0.25, 0.3) is 0 Å². The monoisotopic (exact) mass is 260 g/mol. The molecular formula is C13H16N4O2. The van der Waals surface area contributed by atoms with E-state index in [9.17, 15) is 4.79 Å². The lowest BCUT2D eigenvalue weighted by Gasteiger charge is -2.08. The van der Waals surface area contributed by atoms with Crippen LogP contribution in [0.15, 0.2) is 36.5 Å². The minimum Gasteiger partial charge on any atom is -0.494 e. The molecule has 0 aliphatic carbocycles. The molecule has 6 nitrogen and oxygen atoms in total. The third-order valence-corrected chi connectivity index (χ3v) is 2.49. The quantitative estimate of drug-likeness (QED) is 0.887. The van der Waals surface area contributed by atoms with E-state index in [1.165, 1.54) is 0 Å². The van der Waals surface area contributed by atoms with E-state index in [-0.39, 0.29) is 6.03 Å². The van der Waals surface area contributed by atoms with Gasteiger partial charge in [0.15, 0.2) is 0 Å². The fraction of sp³-hybridized carbons (Fsp3) is 0.231. The highest BCUT2D eigenvalue weighted by Gasteiger charge is 2.05. The number of nitrogens with zero attached hydrogens (tertiary/aromatic N) is 2. The summed E-state index contributed by atoms with van der Waals surface area (Å²) in [6, 6.07) is 8.60. The maximum absolute atomic E-state index is 11.7. The molecule has 6 heteroatoms. The van der Waals surface area contributed by atoms with Gasteiger partial charge in [-0.25, -0.2) is 4.79 Å². The van der Waals surface area contributed by atoms with Gasteiger partial charge in [0, 0.05) is 18.8 Å². The molecule has 0 aliphatic heterocycles. The summed E-state index contributed by atoms with van der Waals surface area (Å²) in [5.41, 5.74) is 0.697. The molecule has 1 aromatic heterocycles. The first-order chi connectivity index (χ1) is 9.19. The van der Waals surface area contributed by atoms with Crippen molar-refractivity contribution in [2.24, 2.45) is 7.05 Å². The molecule has 0 saturated carbocycles. The molecule has 100 valence electrons. The smallest absolute Gasteiger partial charge is 0.324 e. The summed E-state index contributed by atoms with van der Waals surface area (Å²) < 4.78 is 6.91.